The van der Waals surface area contributed by atoms with Crippen LogP contribution in [0, 0.1) is 17.8 Å². The van der Waals surface area contributed by atoms with Gasteiger partial charge in [0.15, 0.2) is 0 Å². The third kappa shape index (κ3) is 4.39. The summed E-state index contributed by atoms with van der Waals surface area (Å²) in [4.78, 5) is 44.3. The number of hydrogen-bond acceptors (Lipinski definition) is 7. The van der Waals surface area contributed by atoms with E-state index >= 15 is 0 Å². The maximum Gasteiger partial charge on any atom is 0.244 e. The Kier molecular flexibility index (Phi) is 7.87. The van der Waals surface area contributed by atoms with E-state index in [-0.39, 0.29) is 35.5 Å². The van der Waals surface area contributed by atoms with Crippen LogP contribution in [-0.4, -0.2) is 108 Å². The molecule has 4 rings (SSSR count). The molecule has 4 fully saturated rings. The Morgan fingerprint density at radius 3 is 2.61 bits per heavy atom. The second-order valence-electron chi connectivity index (χ2n) is 9.70. The standard InChI is InChI=1S/C23H38N4O5S/c1-3-5-24-20(29)17-16-14-15(2)23(33-16)18(17)22(31)27(7-4-11-28)19(23)21(30)25-6-8-26-9-12-32-13-10-26/h15-19,28H,3-14H2,1-2H3,(H,24,29)(H,25,30)/t15?,16-,17+,18-,19?,23?/m0/s1. The molecule has 4 aliphatic heterocycles. The predicted octanol–water partition coefficient (Wildman–Crippen LogP) is -0.319. The van der Waals surface area contributed by atoms with E-state index in [2.05, 4.69) is 22.5 Å². The van der Waals surface area contributed by atoms with E-state index < -0.39 is 22.6 Å². The summed E-state index contributed by atoms with van der Waals surface area (Å²) in [6, 6.07) is -0.611. The highest BCUT2D eigenvalue weighted by molar-refractivity contribution is 8.02. The predicted molar refractivity (Wildman–Crippen MR) is 126 cm³/mol. The highest BCUT2D eigenvalue weighted by atomic mass is 32.2. The van der Waals surface area contributed by atoms with Gasteiger partial charge in [0, 0.05) is 51.1 Å². The molecule has 0 aromatic carbocycles. The summed E-state index contributed by atoms with van der Waals surface area (Å²) >= 11 is 1.69. The van der Waals surface area contributed by atoms with E-state index in [1.165, 1.54) is 0 Å². The fraction of sp³-hybridized carbons (Fsp3) is 0.870. The van der Waals surface area contributed by atoms with Crippen LogP contribution in [0.2, 0.25) is 0 Å². The van der Waals surface area contributed by atoms with Gasteiger partial charge in [0.1, 0.15) is 6.04 Å². The first-order valence-corrected chi connectivity index (χ1v) is 13.3. The molecule has 4 saturated heterocycles. The first kappa shape index (κ1) is 24.8. The molecule has 0 saturated carbocycles. The highest BCUT2D eigenvalue weighted by Gasteiger charge is 2.75. The highest BCUT2D eigenvalue weighted by Crippen LogP contribution is 2.68. The minimum Gasteiger partial charge on any atom is -0.396 e. The second-order valence-corrected chi connectivity index (χ2v) is 11.2. The number of aliphatic hydroxyl groups excluding tert-OH is 1. The number of rotatable bonds is 10. The Morgan fingerprint density at radius 2 is 1.91 bits per heavy atom. The van der Waals surface area contributed by atoms with Crippen LogP contribution < -0.4 is 10.6 Å². The molecule has 1 spiro atoms. The summed E-state index contributed by atoms with van der Waals surface area (Å²) in [6.45, 7) is 9.40. The molecule has 4 heterocycles. The lowest BCUT2D eigenvalue weighted by molar-refractivity contribution is -0.140. The zero-order valence-corrected chi connectivity index (χ0v) is 20.6. The van der Waals surface area contributed by atoms with Crippen LogP contribution in [0.25, 0.3) is 0 Å². The molecule has 10 heteroatoms. The first-order valence-electron chi connectivity index (χ1n) is 12.4. The van der Waals surface area contributed by atoms with Gasteiger partial charge in [0.25, 0.3) is 0 Å². The lowest BCUT2D eigenvalue weighted by Crippen LogP contribution is -2.57. The van der Waals surface area contributed by atoms with E-state index in [0.717, 1.165) is 32.5 Å². The fourth-order valence-electron chi connectivity index (χ4n) is 6.23. The van der Waals surface area contributed by atoms with Crippen LogP contribution >= 0.6 is 11.8 Å². The van der Waals surface area contributed by atoms with Gasteiger partial charge in [0.05, 0.1) is 29.8 Å². The van der Waals surface area contributed by atoms with Gasteiger partial charge >= 0.3 is 0 Å². The first-order chi connectivity index (χ1) is 16.0. The van der Waals surface area contributed by atoms with E-state index in [0.29, 0.717) is 39.3 Å². The monoisotopic (exact) mass is 482 g/mol. The van der Waals surface area contributed by atoms with Gasteiger partial charge in [-0.1, -0.05) is 13.8 Å². The molecular formula is C23H38N4O5S. The number of thioether (sulfide) groups is 1. The molecule has 0 aromatic rings. The molecule has 3 amide bonds. The quantitative estimate of drug-likeness (QED) is 0.391. The molecule has 9 nitrogen and oxygen atoms in total. The number of nitrogens with zero attached hydrogens (tertiary/aromatic N) is 2. The molecule has 0 aliphatic carbocycles. The Labute approximate surface area is 200 Å². The molecule has 0 radical (unpaired) electrons. The van der Waals surface area contributed by atoms with Crippen molar-refractivity contribution in [3.05, 3.63) is 0 Å². The summed E-state index contributed by atoms with van der Waals surface area (Å²) < 4.78 is 4.80. The molecule has 2 bridgehead atoms. The lowest BCUT2D eigenvalue weighted by Gasteiger charge is -2.38. The average molecular weight is 483 g/mol. The molecule has 3 N–H and O–H groups in total. The summed E-state index contributed by atoms with van der Waals surface area (Å²) in [7, 11) is 0. The van der Waals surface area contributed by atoms with Crippen LogP contribution in [0.3, 0.4) is 0 Å². The fourth-order valence-corrected chi connectivity index (χ4v) is 8.65. The van der Waals surface area contributed by atoms with Crippen LogP contribution in [0.4, 0.5) is 0 Å². The number of carbonyl (C=O) groups excluding carboxylic acids is 3. The summed E-state index contributed by atoms with van der Waals surface area (Å²) in [5.41, 5.74) is 0. The Morgan fingerprint density at radius 1 is 1.18 bits per heavy atom. The lowest BCUT2D eigenvalue weighted by atomic mass is 9.66. The average Bonchev–Trinajstić information content (AvgIpc) is 3.40. The molecule has 0 aromatic heterocycles. The van der Waals surface area contributed by atoms with Crippen molar-refractivity contribution < 1.29 is 24.2 Å². The number of morpholine rings is 1. The summed E-state index contributed by atoms with van der Waals surface area (Å²) in [6.07, 6.45) is 2.10. The van der Waals surface area contributed by atoms with Gasteiger partial charge in [-0.05, 0) is 25.2 Å². The van der Waals surface area contributed by atoms with Crippen molar-refractivity contribution in [2.24, 2.45) is 17.8 Å². The van der Waals surface area contributed by atoms with E-state index in [4.69, 9.17) is 4.74 Å². The number of fused-ring (bicyclic) bond motifs is 1. The van der Waals surface area contributed by atoms with Crippen molar-refractivity contribution in [1.82, 2.24) is 20.4 Å². The number of ether oxygens (including phenoxy) is 1. The SMILES string of the molecule is CCCNC(=O)[C@@H]1[C@@H]2CC(C)C3(S2)C(C(=O)NCCN2CCOCC2)N(CCCO)C(=O)[C@H]13. The van der Waals surface area contributed by atoms with Gasteiger partial charge in [-0.25, -0.2) is 0 Å². The number of nitrogens with one attached hydrogen (secondary N) is 2. The van der Waals surface area contributed by atoms with Crippen LogP contribution in [0.1, 0.15) is 33.1 Å². The smallest absolute Gasteiger partial charge is 0.244 e. The molecular weight excluding hydrogens is 444 g/mol. The number of likely N-dealkylation sites (tertiary alicyclic amines) is 1. The maximum atomic E-state index is 13.7. The van der Waals surface area contributed by atoms with Crippen molar-refractivity contribution >= 4 is 29.5 Å². The molecule has 6 atom stereocenters. The maximum absolute atomic E-state index is 13.7. The van der Waals surface area contributed by atoms with E-state index in [1.54, 1.807) is 16.7 Å². The number of aliphatic hydroxyl groups is 1. The zero-order chi connectivity index (χ0) is 23.6. The Bertz CT molecular complexity index is 748. The van der Waals surface area contributed by atoms with Gasteiger partial charge < -0.3 is 25.4 Å². The van der Waals surface area contributed by atoms with Crippen LogP contribution in [0.5, 0.6) is 0 Å². The van der Waals surface area contributed by atoms with Crippen molar-refractivity contribution in [2.75, 3.05) is 59.1 Å². The Balaban J connectivity index is 1.54. The molecule has 186 valence electrons. The normalized spacial score (nSPS) is 35.7. The number of amides is 3. The zero-order valence-electron chi connectivity index (χ0n) is 19.8. The number of carbonyl (C=O) groups is 3. The van der Waals surface area contributed by atoms with Gasteiger partial charge in [-0.3, -0.25) is 19.3 Å². The topological polar surface area (TPSA) is 111 Å². The second kappa shape index (κ2) is 10.5. The third-order valence-electron chi connectivity index (χ3n) is 7.73. The van der Waals surface area contributed by atoms with Crippen LogP contribution in [-0.2, 0) is 19.1 Å². The van der Waals surface area contributed by atoms with Crippen molar-refractivity contribution in [1.29, 1.82) is 0 Å². The van der Waals surface area contributed by atoms with Gasteiger partial charge in [0.2, 0.25) is 17.7 Å². The van der Waals surface area contributed by atoms with Crippen molar-refractivity contribution in [2.45, 2.75) is 49.1 Å². The minimum atomic E-state index is -0.611. The van der Waals surface area contributed by atoms with E-state index in [9.17, 15) is 19.5 Å². The molecule has 4 aliphatic rings. The molecule has 33 heavy (non-hydrogen) atoms. The molecule has 3 unspecified atom stereocenters. The minimum absolute atomic E-state index is 0.0431. The largest absolute Gasteiger partial charge is 0.396 e. The number of hydrogen-bond donors (Lipinski definition) is 3. The summed E-state index contributed by atoms with van der Waals surface area (Å²) in [5, 5.41) is 15.6. The van der Waals surface area contributed by atoms with Crippen molar-refractivity contribution in [3.8, 4) is 0 Å². The summed E-state index contributed by atoms with van der Waals surface area (Å²) in [5.74, 6) is -1.01. The van der Waals surface area contributed by atoms with Gasteiger partial charge in [-0.15, -0.1) is 11.8 Å². The third-order valence-corrected chi connectivity index (χ3v) is 9.81. The van der Waals surface area contributed by atoms with Crippen molar-refractivity contribution in [3.63, 3.8) is 0 Å². The van der Waals surface area contributed by atoms with Crippen LogP contribution in [0.15, 0.2) is 0 Å². The van der Waals surface area contributed by atoms with Gasteiger partial charge in [-0.2, -0.15) is 0 Å². The van der Waals surface area contributed by atoms with E-state index in [1.807, 2.05) is 6.92 Å². The Hall–Kier alpha value is -1.36.